The molecule has 0 saturated carbocycles. The van der Waals surface area contributed by atoms with Crippen molar-refractivity contribution in [3.8, 4) is 11.5 Å². The number of aromatic carboxylic acids is 1. The van der Waals surface area contributed by atoms with E-state index in [4.69, 9.17) is 9.84 Å². The fraction of sp³-hybridized carbons (Fsp3) is 0.138. The topological polar surface area (TPSA) is 69.6 Å². The Morgan fingerprint density at radius 2 is 1.15 bits per heavy atom. The fourth-order valence-corrected chi connectivity index (χ4v) is 5.25. The van der Waals surface area contributed by atoms with Crippen molar-refractivity contribution in [2.24, 2.45) is 0 Å². The van der Waals surface area contributed by atoms with Crippen molar-refractivity contribution >= 4 is 16.9 Å². The van der Waals surface area contributed by atoms with Crippen molar-refractivity contribution < 1.29 is 19.7 Å². The molecule has 0 aliphatic carbocycles. The highest BCUT2D eigenvalue weighted by atomic mass is 32.2. The maximum Gasteiger partial charge on any atom is 0.335 e. The van der Waals surface area contributed by atoms with Gasteiger partial charge >= 0.3 is 5.97 Å². The van der Waals surface area contributed by atoms with Gasteiger partial charge in [-0.1, -0.05) is 60.3 Å². The first-order chi connectivity index (χ1) is 16.2. The second-order valence-electron chi connectivity index (χ2n) is 8.42. The summed E-state index contributed by atoms with van der Waals surface area (Å²) in [7, 11) is -0.102. The highest BCUT2D eigenvalue weighted by Crippen LogP contribution is 2.32. The van der Waals surface area contributed by atoms with Crippen molar-refractivity contribution in [1.82, 2.24) is 0 Å². The molecule has 174 valence electrons. The van der Waals surface area contributed by atoms with E-state index >= 15 is 0 Å². The van der Waals surface area contributed by atoms with E-state index in [0.29, 0.717) is 0 Å². The Morgan fingerprint density at radius 1 is 0.706 bits per heavy atom. The molecule has 0 heterocycles. The van der Waals surface area contributed by atoms with Crippen LogP contribution >= 0.6 is 0 Å². The van der Waals surface area contributed by atoms with Gasteiger partial charge in [0, 0.05) is 0 Å². The number of carboxylic acid groups (broad SMARTS) is 1. The van der Waals surface area contributed by atoms with Gasteiger partial charge in [-0.2, -0.15) is 0 Å². The highest BCUT2D eigenvalue weighted by Gasteiger charge is 2.28. The molecule has 0 radical (unpaired) electrons. The van der Waals surface area contributed by atoms with E-state index in [1.165, 1.54) is 39.0 Å². The van der Waals surface area contributed by atoms with Crippen LogP contribution in [0.1, 0.15) is 31.1 Å². The van der Waals surface area contributed by atoms with Gasteiger partial charge in [0.25, 0.3) is 0 Å². The average molecular weight is 473 g/mol. The lowest BCUT2D eigenvalue weighted by Crippen LogP contribution is -2.22. The van der Waals surface area contributed by atoms with Crippen LogP contribution in [0.5, 0.6) is 11.5 Å². The fourth-order valence-electron chi connectivity index (χ4n) is 3.16. The van der Waals surface area contributed by atoms with Crippen LogP contribution in [0, 0.1) is 0 Å². The molecular weight excluding hydrogens is 444 g/mol. The Labute approximate surface area is 203 Å². The Bertz CT molecular complexity index is 1140. The SMILES string of the molecule is CC(C)(C)Oc1ccc([S+](c2ccccc2)c2ccccc2)cc1.O=C(O)c1ccccc1[O-]. The van der Waals surface area contributed by atoms with Crippen LogP contribution < -0.4 is 9.84 Å². The van der Waals surface area contributed by atoms with E-state index in [9.17, 15) is 9.90 Å². The number of rotatable bonds is 5. The second-order valence-corrected chi connectivity index (χ2v) is 10.4. The second kappa shape index (κ2) is 11.4. The Kier molecular flexibility index (Phi) is 8.39. The van der Waals surface area contributed by atoms with Gasteiger partial charge in [0.1, 0.15) is 11.4 Å². The number of hydrogen-bond acceptors (Lipinski definition) is 3. The number of hydrogen-bond donors (Lipinski definition) is 1. The first kappa shape index (κ1) is 24.9. The lowest BCUT2D eigenvalue weighted by Gasteiger charge is -2.21. The first-order valence-electron chi connectivity index (χ1n) is 10.9. The van der Waals surface area contributed by atoms with E-state index in [-0.39, 0.29) is 22.1 Å². The molecule has 0 amide bonds. The zero-order valence-electron chi connectivity index (χ0n) is 19.5. The summed E-state index contributed by atoms with van der Waals surface area (Å²) < 4.78 is 5.95. The zero-order chi connectivity index (χ0) is 24.6. The number of ether oxygens (including phenoxy) is 1. The van der Waals surface area contributed by atoms with Gasteiger partial charge in [0.2, 0.25) is 0 Å². The number of benzene rings is 4. The molecule has 0 fully saturated rings. The molecule has 1 N–H and O–H groups in total. The lowest BCUT2D eigenvalue weighted by atomic mass is 10.2. The highest BCUT2D eigenvalue weighted by molar-refractivity contribution is 7.97. The van der Waals surface area contributed by atoms with Crippen LogP contribution in [-0.4, -0.2) is 16.7 Å². The van der Waals surface area contributed by atoms with E-state index in [2.05, 4.69) is 106 Å². The lowest BCUT2D eigenvalue weighted by molar-refractivity contribution is -0.268. The van der Waals surface area contributed by atoms with Gasteiger partial charge in [-0.25, -0.2) is 4.79 Å². The third-order valence-corrected chi connectivity index (χ3v) is 6.79. The number of carboxylic acids is 1. The summed E-state index contributed by atoms with van der Waals surface area (Å²) in [4.78, 5) is 14.2. The summed E-state index contributed by atoms with van der Waals surface area (Å²) in [5.74, 6) is -0.712. The number of carbonyl (C=O) groups is 1. The van der Waals surface area contributed by atoms with E-state index in [1.54, 1.807) is 0 Å². The van der Waals surface area contributed by atoms with Crippen LogP contribution in [-0.2, 0) is 10.9 Å². The van der Waals surface area contributed by atoms with E-state index in [1.807, 2.05) is 0 Å². The molecule has 4 nitrogen and oxygen atoms in total. The molecule has 0 bridgehead atoms. The van der Waals surface area contributed by atoms with Gasteiger partial charge in [-0.3, -0.25) is 0 Å². The Morgan fingerprint density at radius 3 is 1.56 bits per heavy atom. The van der Waals surface area contributed by atoms with Gasteiger partial charge in [0.15, 0.2) is 14.7 Å². The molecule has 0 unspecified atom stereocenters. The predicted octanol–water partition coefficient (Wildman–Crippen LogP) is 6.42. The first-order valence-corrected chi connectivity index (χ1v) is 12.1. The summed E-state index contributed by atoms with van der Waals surface area (Å²) >= 11 is 0. The van der Waals surface area contributed by atoms with Crippen molar-refractivity contribution in [1.29, 1.82) is 0 Å². The maximum absolute atomic E-state index is 10.7. The van der Waals surface area contributed by atoms with Crippen molar-refractivity contribution in [3.63, 3.8) is 0 Å². The smallest absolute Gasteiger partial charge is 0.335 e. The Balaban J connectivity index is 0.000000271. The van der Waals surface area contributed by atoms with Crippen LogP contribution in [0.25, 0.3) is 0 Å². The monoisotopic (exact) mass is 472 g/mol. The van der Waals surface area contributed by atoms with Crippen LogP contribution in [0.3, 0.4) is 0 Å². The van der Waals surface area contributed by atoms with Crippen molar-refractivity contribution in [3.05, 3.63) is 115 Å². The molecule has 0 spiro atoms. The average Bonchev–Trinajstić information content (AvgIpc) is 2.81. The van der Waals surface area contributed by atoms with Crippen LogP contribution in [0.2, 0.25) is 0 Å². The molecule has 0 aromatic heterocycles. The molecule has 4 aromatic carbocycles. The summed E-state index contributed by atoms with van der Waals surface area (Å²) in [5, 5.41) is 19.0. The standard InChI is InChI=1S/C22H23OS.C7H6O3/c1-22(2,3)23-18-14-16-21(17-15-18)24(19-10-6-4-7-11-19)20-12-8-5-9-13-20;8-6-4-2-1-3-5(6)7(9)10/h4-17H,1-3H3;1-4,8H,(H,9,10)/q+1;/p-1. The number of para-hydroxylation sites is 1. The van der Waals surface area contributed by atoms with Gasteiger partial charge in [-0.15, -0.1) is 0 Å². The summed E-state index contributed by atoms with van der Waals surface area (Å²) in [5.41, 5.74) is -0.357. The van der Waals surface area contributed by atoms with Gasteiger partial charge < -0.3 is 14.9 Å². The minimum Gasteiger partial charge on any atom is -0.872 e. The normalized spacial score (nSPS) is 10.8. The molecule has 4 rings (SSSR count). The van der Waals surface area contributed by atoms with E-state index < -0.39 is 11.7 Å². The van der Waals surface area contributed by atoms with Gasteiger partial charge in [-0.05, 0) is 75.4 Å². The quantitative estimate of drug-likeness (QED) is 0.340. The predicted molar refractivity (Wildman–Crippen MR) is 135 cm³/mol. The Hall–Kier alpha value is -3.70. The molecule has 0 aliphatic heterocycles. The third kappa shape index (κ3) is 7.15. The molecule has 0 saturated heterocycles. The van der Waals surface area contributed by atoms with Crippen molar-refractivity contribution in [2.45, 2.75) is 41.1 Å². The maximum atomic E-state index is 10.7. The molecule has 0 aliphatic rings. The van der Waals surface area contributed by atoms with Gasteiger partial charge in [0.05, 0.1) is 16.5 Å². The minimum absolute atomic E-state index is 0.102. The molecule has 0 atom stereocenters. The molecule has 4 aromatic rings. The zero-order valence-corrected chi connectivity index (χ0v) is 20.3. The third-order valence-electron chi connectivity index (χ3n) is 4.56. The molecule has 5 heteroatoms. The minimum atomic E-state index is -1.18. The molecule has 34 heavy (non-hydrogen) atoms. The summed E-state index contributed by atoms with van der Waals surface area (Å²) in [6.07, 6.45) is 0. The summed E-state index contributed by atoms with van der Waals surface area (Å²) in [6, 6.07) is 35.4. The van der Waals surface area contributed by atoms with Crippen molar-refractivity contribution in [2.75, 3.05) is 0 Å². The molecular formula is C29H28O4S. The van der Waals surface area contributed by atoms with E-state index in [0.717, 1.165) is 5.75 Å². The van der Waals surface area contributed by atoms with Crippen LogP contribution in [0.15, 0.2) is 124 Å². The van der Waals surface area contributed by atoms with Crippen LogP contribution in [0.4, 0.5) is 0 Å². The summed E-state index contributed by atoms with van der Waals surface area (Å²) in [6.45, 7) is 6.21. The largest absolute Gasteiger partial charge is 0.872 e.